The standard InChI is InChI=1S/C6H6S.C4H3NO2/c7-6-4-2-1-3-5-6;6-3-1-2-4(7)5-3/h1-5,7H;1-2H,(H,5,6,7). The van der Waals surface area contributed by atoms with Crippen LogP contribution in [0.1, 0.15) is 0 Å². The molecule has 0 saturated carbocycles. The molecule has 72 valence electrons. The van der Waals surface area contributed by atoms with Gasteiger partial charge in [0.15, 0.2) is 0 Å². The Balaban J connectivity index is 0.000000140. The van der Waals surface area contributed by atoms with Crippen molar-refractivity contribution in [3.05, 3.63) is 42.5 Å². The van der Waals surface area contributed by atoms with Crippen molar-refractivity contribution in [3.63, 3.8) is 0 Å². The molecule has 0 unspecified atom stereocenters. The number of imide groups is 1. The van der Waals surface area contributed by atoms with Crippen molar-refractivity contribution in [1.29, 1.82) is 0 Å². The lowest BCUT2D eigenvalue weighted by Crippen LogP contribution is -2.19. The van der Waals surface area contributed by atoms with E-state index in [0.29, 0.717) is 0 Å². The highest BCUT2D eigenvalue weighted by atomic mass is 32.1. The number of carbonyl (C=O) groups is 2. The molecule has 3 nitrogen and oxygen atoms in total. The Labute approximate surface area is 87.2 Å². The maximum Gasteiger partial charge on any atom is 0.250 e. The zero-order valence-corrected chi connectivity index (χ0v) is 8.20. The summed E-state index contributed by atoms with van der Waals surface area (Å²) in [6.45, 7) is 0. The third-order valence-electron chi connectivity index (χ3n) is 1.39. The molecule has 1 aliphatic rings. The van der Waals surface area contributed by atoms with Crippen LogP contribution < -0.4 is 5.32 Å². The van der Waals surface area contributed by atoms with Crippen LogP contribution in [0.15, 0.2) is 47.4 Å². The normalized spacial score (nSPS) is 13.2. The molecule has 0 atom stereocenters. The van der Waals surface area contributed by atoms with Crippen LogP contribution in [0.3, 0.4) is 0 Å². The lowest BCUT2D eigenvalue weighted by Gasteiger charge is -1.81. The van der Waals surface area contributed by atoms with Gasteiger partial charge in [-0.15, -0.1) is 12.6 Å². The van der Waals surface area contributed by atoms with Crippen molar-refractivity contribution < 1.29 is 9.59 Å². The van der Waals surface area contributed by atoms with Crippen LogP contribution in [0.25, 0.3) is 0 Å². The second-order valence-corrected chi connectivity index (χ2v) is 3.04. The number of nitrogens with one attached hydrogen (secondary N) is 1. The first-order valence-electron chi connectivity index (χ1n) is 3.95. The van der Waals surface area contributed by atoms with Crippen molar-refractivity contribution in [2.75, 3.05) is 0 Å². The Kier molecular flexibility index (Phi) is 3.94. The van der Waals surface area contributed by atoms with Crippen LogP contribution >= 0.6 is 12.6 Å². The van der Waals surface area contributed by atoms with Gasteiger partial charge in [0.1, 0.15) is 0 Å². The summed E-state index contributed by atoms with van der Waals surface area (Å²) in [6.07, 6.45) is 2.39. The summed E-state index contributed by atoms with van der Waals surface area (Å²) in [5.41, 5.74) is 0. The van der Waals surface area contributed by atoms with E-state index in [1.54, 1.807) is 0 Å². The van der Waals surface area contributed by atoms with Crippen LogP contribution in [0.5, 0.6) is 0 Å². The molecule has 0 aliphatic carbocycles. The Morgan fingerprint density at radius 1 is 0.929 bits per heavy atom. The van der Waals surface area contributed by atoms with Gasteiger partial charge in [-0.25, -0.2) is 0 Å². The average Bonchev–Trinajstić information content (AvgIpc) is 2.52. The summed E-state index contributed by atoms with van der Waals surface area (Å²) >= 11 is 4.08. The monoisotopic (exact) mass is 207 g/mol. The molecular weight excluding hydrogens is 198 g/mol. The average molecular weight is 207 g/mol. The molecule has 0 bridgehead atoms. The molecule has 14 heavy (non-hydrogen) atoms. The molecule has 0 radical (unpaired) electrons. The highest BCUT2D eigenvalue weighted by Crippen LogP contribution is 2.00. The molecule has 4 heteroatoms. The topological polar surface area (TPSA) is 46.2 Å². The fraction of sp³-hybridized carbons (Fsp3) is 0. The van der Waals surface area contributed by atoms with E-state index in [-0.39, 0.29) is 11.8 Å². The van der Waals surface area contributed by atoms with E-state index in [0.717, 1.165) is 4.90 Å². The largest absolute Gasteiger partial charge is 0.289 e. The van der Waals surface area contributed by atoms with Gasteiger partial charge >= 0.3 is 0 Å². The van der Waals surface area contributed by atoms with E-state index < -0.39 is 0 Å². The van der Waals surface area contributed by atoms with E-state index in [4.69, 9.17) is 0 Å². The van der Waals surface area contributed by atoms with Crippen molar-refractivity contribution in [1.82, 2.24) is 5.32 Å². The second-order valence-electron chi connectivity index (χ2n) is 2.52. The minimum absolute atomic E-state index is 0.329. The quantitative estimate of drug-likeness (QED) is 0.495. The van der Waals surface area contributed by atoms with Gasteiger partial charge in [-0.3, -0.25) is 14.9 Å². The zero-order chi connectivity index (χ0) is 10.4. The first-order chi connectivity index (χ1) is 6.68. The Morgan fingerprint density at radius 2 is 1.43 bits per heavy atom. The molecule has 2 amide bonds. The smallest absolute Gasteiger partial charge is 0.250 e. The molecule has 1 N–H and O–H groups in total. The van der Waals surface area contributed by atoms with Crippen LogP contribution in [-0.4, -0.2) is 11.8 Å². The van der Waals surface area contributed by atoms with Crippen molar-refractivity contribution in [2.24, 2.45) is 0 Å². The first-order valence-corrected chi connectivity index (χ1v) is 4.40. The molecule has 0 saturated heterocycles. The van der Waals surface area contributed by atoms with E-state index in [9.17, 15) is 9.59 Å². The Hall–Kier alpha value is -1.55. The van der Waals surface area contributed by atoms with Crippen LogP contribution in [0, 0.1) is 0 Å². The van der Waals surface area contributed by atoms with Gasteiger partial charge < -0.3 is 0 Å². The molecule has 0 aromatic heterocycles. The number of amides is 2. The molecule has 1 aromatic rings. The lowest BCUT2D eigenvalue weighted by molar-refractivity contribution is -0.123. The molecule has 1 aromatic carbocycles. The number of hydrogen-bond acceptors (Lipinski definition) is 3. The fourth-order valence-electron chi connectivity index (χ4n) is 0.784. The second kappa shape index (κ2) is 5.24. The van der Waals surface area contributed by atoms with Gasteiger partial charge in [-0.2, -0.15) is 0 Å². The minimum Gasteiger partial charge on any atom is -0.289 e. The summed E-state index contributed by atoms with van der Waals surface area (Å²) in [7, 11) is 0. The van der Waals surface area contributed by atoms with Crippen LogP contribution in [0.4, 0.5) is 0 Å². The molecular formula is C10H9NO2S. The zero-order valence-electron chi connectivity index (χ0n) is 7.31. The summed E-state index contributed by atoms with van der Waals surface area (Å²) < 4.78 is 0. The van der Waals surface area contributed by atoms with Crippen molar-refractivity contribution in [2.45, 2.75) is 4.90 Å². The predicted octanol–water partition coefficient (Wildman–Crippen LogP) is 1.17. The SMILES string of the molecule is O=C1C=CC(=O)N1.Sc1ccccc1. The lowest BCUT2D eigenvalue weighted by atomic mass is 10.4. The van der Waals surface area contributed by atoms with Gasteiger partial charge in [0.25, 0.3) is 11.8 Å². The van der Waals surface area contributed by atoms with E-state index in [1.807, 2.05) is 35.6 Å². The highest BCUT2D eigenvalue weighted by molar-refractivity contribution is 7.80. The number of rotatable bonds is 0. The van der Waals surface area contributed by atoms with E-state index >= 15 is 0 Å². The number of hydrogen-bond donors (Lipinski definition) is 2. The number of thiol groups is 1. The third-order valence-corrected chi connectivity index (χ3v) is 1.69. The summed E-state index contributed by atoms with van der Waals surface area (Å²) in [4.78, 5) is 21.1. The maximum absolute atomic E-state index is 10.0. The minimum atomic E-state index is -0.329. The number of benzene rings is 1. The summed E-state index contributed by atoms with van der Waals surface area (Å²) in [6, 6.07) is 9.79. The molecule has 0 spiro atoms. The first kappa shape index (κ1) is 10.5. The molecule has 2 rings (SSSR count). The van der Waals surface area contributed by atoms with Gasteiger partial charge in [-0.1, -0.05) is 18.2 Å². The molecule has 1 aliphatic heterocycles. The summed E-state index contributed by atoms with van der Waals surface area (Å²) in [5, 5.41) is 2.03. The van der Waals surface area contributed by atoms with Gasteiger partial charge in [0.05, 0.1) is 0 Å². The summed E-state index contributed by atoms with van der Waals surface area (Å²) in [5.74, 6) is -0.657. The van der Waals surface area contributed by atoms with Gasteiger partial charge in [0.2, 0.25) is 0 Å². The van der Waals surface area contributed by atoms with Gasteiger partial charge in [-0.05, 0) is 12.1 Å². The maximum atomic E-state index is 10.0. The van der Waals surface area contributed by atoms with Crippen molar-refractivity contribution >= 4 is 24.4 Å². The third kappa shape index (κ3) is 3.91. The Morgan fingerprint density at radius 3 is 1.64 bits per heavy atom. The van der Waals surface area contributed by atoms with Crippen molar-refractivity contribution in [3.8, 4) is 0 Å². The highest BCUT2D eigenvalue weighted by Gasteiger charge is 2.06. The molecule has 1 heterocycles. The van der Waals surface area contributed by atoms with Crippen LogP contribution in [-0.2, 0) is 9.59 Å². The number of carbonyl (C=O) groups excluding carboxylic acids is 2. The Bertz CT molecular complexity index is 344. The predicted molar refractivity (Wildman–Crippen MR) is 56.0 cm³/mol. The van der Waals surface area contributed by atoms with E-state index in [2.05, 4.69) is 12.6 Å². The van der Waals surface area contributed by atoms with E-state index in [1.165, 1.54) is 12.2 Å². The van der Waals surface area contributed by atoms with Gasteiger partial charge in [0, 0.05) is 17.0 Å². The van der Waals surface area contributed by atoms with Crippen LogP contribution in [0.2, 0.25) is 0 Å². The fourth-order valence-corrected chi connectivity index (χ4v) is 0.956. The molecule has 0 fully saturated rings.